The number of hydrogen-bond acceptors (Lipinski definition) is 4. The number of aromatic amines is 1. The van der Waals surface area contributed by atoms with Crippen molar-refractivity contribution in [1.29, 1.82) is 0 Å². The van der Waals surface area contributed by atoms with Crippen LogP contribution in [-0.2, 0) is 12.8 Å². The van der Waals surface area contributed by atoms with Crippen LogP contribution in [0.1, 0.15) is 11.4 Å². The molecule has 0 radical (unpaired) electrons. The first kappa shape index (κ1) is 12.4. The Bertz CT molecular complexity index is 566. The first-order valence-corrected chi connectivity index (χ1v) is 4.84. The highest BCUT2D eigenvalue weighted by Gasteiger charge is 2.34. The van der Waals surface area contributed by atoms with Crippen molar-refractivity contribution in [3.05, 3.63) is 29.6 Å². The molecule has 2 rings (SSSR count). The Morgan fingerprint density at radius 3 is 2.56 bits per heavy atom. The SMILES string of the molecule is OCc1nc(-c2ccc(O)c(C(F)(F)F)c2)n[nH]1. The number of aliphatic hydroxyl groups excluding tert-OH is 1. The zero-order chi connectivity index (χ0) is 13.3. The number of nitrogens with zero attached hydrogens (tertiary/aromatic N) is 2. The van der Waals surface area contributed by atoms with E-state index in [-0.39, 0.29) is 17.2 Å². The van der Waals surface area contributed by atoms with Crippen molar-refractivity contribution in [2.75, 3.05) is 0 Å². The highest BCUT2D eigenvalue weighted by molar-refractivity contribution is 5.58. The molecule has 0 aliphatic heterocycles. The van der Waals surface area contributed by atoms with Gasteiger partial charge in [-0.05, 0) is 18.2 Å². The number of rotatable bonds is 2. The third-order valence-corrected chi connectivity index (χ3v) is 2.24. The number of halogens is 3. The third kappa shape index (κ3) is 2.28. The first-order valence-electron chi connectivity index (χ1n) is 4.84. The minimum Gasteiger partial charge on any atom is -0.507 e. The van der Waals surface area contributed by atoms with Crippen molar-refractivity contribution in [1.82, 2.24) is 15.2 Å². The molecule has 3 N–H and O–H groups in total. The van der Waals surface area contributed by atoms with Crippen LogP contribution < -0.4 is 0 Å². The van der Waals surface area contributed by atoms with E-state index in [9.17, 15) is 13.2 Å². The van der Waals surface area contributed by atoms with Crippen molar-refractivity contribution in [2.24, 2.45) is 0 Å². The monoisotopic (exact) mass is 259 g/mol. The molecular weight excluding hydrogens is 251 g/mol. The summed E-state index contributed by atoms with van der Waals surface area (Å²) in [5, 5.41) is 24.0. The average Bonchev–Trinajstić information content (AvgIpc) is 2.76. The molecule has 0 aliphatic rings. The Balaban J connectivity index is 2.47. The second kappa shape index (κ2) is 4.30. The second-order valence-electron chi connectivity index (χ2n) is 3.49. The number of nitrogens with one attached hydrogen (secondary N) is 1. The number of aromatic nitrogens is 3. The largest absolute Gasteiger partial charge is 0.507 e. The quantitative estimate of drug-likeness (QED) is 0.766. The number of H-pyrrole nitrogens is 1. The summed E-state index contributed by atoms with van der Waals surface area (Å²) in [6, 6.07) is 2.93. The number of benzene rings is 1. The highest BCUT2D eigenvalue weighted by Crippen LogP contribution is 2.37. The summed E-state index contributed by atoms with van der Waals surface area (Å²) in [6.07, 6.45) is -4.66. The number of phenolic OH excluding ortho intramolecular Hbond substituents is 1. The molecule has 18 heavy (non-hydrogen) atoms. The molecule has 0 aliphatic carbocycles. The van der Waals surface area contributed by atoms with Gasteiger partial charge in [0, 0.05) is 5.56 Å². The van der Waals surface area contributed by atoms with Crippen molar-refractivity contribution in [3.8, 4) is 17.1 Å². The van der Waals surface area contributed by atoms with E-state index in [0.29, 0.717) is 0 Å². The van der Waals surface area contributed by atoms with E-state index in [2.05, 4.69) is 15.2 Å². The molecule has 1 heterocycles. The molecule has 0 fully saturated rings. The molecule has 0 saturated heterocycles. The van der Waals surface area contributed by atoms with Crippen LogP contribution in [0.25, 0.3) is 11.4 Å². The fourth-order valence-corrected chi connectivity index (χ4v) is 1.40. The normalized spacial score (nSPS) is 11.8. The van der Waals surface area contributed by atoms with Crippen molar-refractivity contribution < 1.29 is 23.4 Å². The van der Waals surface area contributed by atoms with Crippen LogP contribution in [0.3, 0.4) is 0 Å². The minimum absolute atomic E-state index is 0.0181. The summed E-state index contributed by atoms with van der Waals surface area (Å²) in [5.74, 6) is -0.694. The van der Waals surface area contributed by atoms with E-state index in [1.54, 1.807) is 0 Å². The molecule has 1 aromatic carbocycles. The molecule has 0 atom stereocenters. The van der Waals surface area contributed by atoms with Crippen LogP contribution in [0, 0.1) is 0 Å². The van der Waals surface area contributed by atoms with E-state index >= 15 is 0 Å². The van der Waals surface area contributed by atoms with E-state index in [1.807, 2.05) is 0 Å². The van der Waals surface area contributed by atoms with Gasteiger partial charge in [-0.1, -0.05) is 0 Å². The predicted molar refractivity (Wildman–Crippen MR) is 54.4 cm³/mol. The third-order valence-electron chi connectivity index (χ3n) is 2.24. The smallest absolute Gasteiger partial charge is 0.419 e. The van der Waals surface area contributed by atoms with Crippen molar-refractivity contribution in [2.45, 2.75) is 12.8 Å². The summed E-state index contributed by atoms with van der Waals surface area (Å²) < 4.78 is 37.7. The van der Waals surface area contributed by atoms with E-state index < -0.39 is 24.1 Å². The van der Waals surface area contributed by atoms with Crippen LogP contribution >= 0.6 is 0 Å². The molecule has 1 aromatic heterocycles. The molecule has 0 bridgehead atoms. The Hall–Kier alpha value is -2.09. The maximum absolute atomic E-state index is 12.6. The minimum atomic E-state index is -4.66. The maximum Gasteiger partial charge on any atom is 0.419 e. The van der Waals surface area contributed by atoms with Crippen molar-refractivity contribution >= 4 is 0 Å². The van der Waals surface area contributed by atoms with Gasteiger partial charge in [0.2, 0.25) is 0 Å². The van der Waals surface area contributed by atoms with E-state index in [4.69, 9.17) is 10.2 Å². The topological polar surface area (TPSA) is 82.0 Å². The zero-order valence-corrected chi connectivity index (χ0v) is 8.86. The van der Waals surface area contributed by atoms with Gasteiger partial charge < -0.3 is 10.2 Å². The molecule has 0 unspecified atom stereocenters. The van der Waals surface area contributed by atoms with E-state index in [0.717, 1.165) is 12.1 Å². The zero-order valence-electron chi connectivity index (χ0n) is 8.86. The van der Waals surface area contributed by atoms with Crippen LogP contribution in [0.2, 0.25) is 0 Å². The van der Waals surface area contributed by atoms with Crippen LogP contribution in [0.5, 0.6) is 5.75 Å². The fourth-order valence-electron chi connectivity index (χ4n) is 1.40. The van der Waals surface area contributed by atoms with E-state index in [1.165, 1.54) is 6.07 Å². The molecular formula is C10H8F3N3O2. The van der Waals surface area contributed by atoms with Gasteiger partial charge in [0.1, 0.15) is 12.4 Å². The summed E-state index contributed by atoms with van der Waals surface area (Å²) in [6.45, 7) is -0.392. The van der Waals surface area contributed by atoms with Crippen molar-refractivity contribution in [3.63, 3.8) is 0 Å². The van der Waals surface area contributed by atoms with Crippen LogP contribution in [0.15, 0.2) is 18.2 Å². The van der Waals surface area contributed by atoms with Gasteiger partial charge >= 0.3 is 6.18 Å². The van der Waals surface area contributed by atoms with Gasteiger partial charge in [0.25, 0.3) is 0 Å². The Morgan fingerprint density at radius 1 is 1.28 bits per heavy atom. The number of alkyl halides is 3. The maximum atomic E-state index is 12.6. The van der Waals surface area contributed by atoms with Gasteiger partial charge in [-0.25, -0.2) is 4.98 Å². The molecule has 5 nitrogen and oxygen atoms in total. The molecule has 8 heteroatoms. The molecule has 2 aromatic rings. The summed E-state index contributed by atoms with van der Waals surface area (Å²) in [4.78, 5) is 3.79. The summed E-state index contributed by atoms with van der Waals surface area (Å²) in [7, 11) is 0. The summed E-state index contributed by atoms with van der Waals surface area (Å²) >= 11 is 0. The molecule has 0 spiro atoms. The second-order valence-corrected chi connectivity index (χ2v) is 3.49. The lowest BCUT2D eigenvalue weighted by Gasteiger charge is -2.09. The lowest BCUT2D eigenvalue weighted by molar-refractivity contribution is -0.138. The number of hydrogen-bond donors (Lipinski definition) is 3. The Labute approximate surface area is 98.9 Å². The van der Waals surface area contributed by atoms with Crippen LogP contribution in [0.4, 0.5) is 13.2 Å². The summed E-state index contributed by atoms with van der Waals surface area (Å²) in [5.41, 5.74) is -1.06. The molecule has 96 valence electrons. The standard InChI is InChI=1S/C10H8F3N3O2/c11-10(12,13)6-3-5(1-2-7(6)18)9-14-8(4-17)15-16-9/h1-3,17-18H,4H2,(H,14,15,16). The Morgan fingerprint density at radius 2 is 2.00 bits per heavy atom. The Kier molecular flexibility index (Phi) is 2.95. The van der Waals surface area contributed by atoms with Gasteiger partial charge in [-0.2, -0.15) is 18.3 Å². The predicted octanol–water partition coefficient (Wildman–Crippen LogP) is 1.69. The molecule has 0 amide bonds. The number of aliphatic hydroxyl groups is 1. The number of aromatic hydroxyl groups is 1. The lowest BCUT2D eigenvalue weighted by atomic mass is 10.1. The van der Waals surface area contributed by atoms with Gasteiger partial charge in [-0.3, -0.25) is 5.10 Å². The lowest BCUT2D eigenvalue weighted by Crippen LogP contribution is -2.05. The first-order chi connectivity index (χ1) is 8.41. The fraction of sp³-hybridized carbons (Fsp3) is 0.200. The van der Waals surface area contributed by atoms with Gasteiger partial charge in [-0.15, -0.1) is 0 Å². The average molecular weight is 259 g/mol. The van der Waals surface area contributed by atoms with Crippen LogP contribution in [-0.4, -0.2) is 25.4 Å². The van der Waals surface area contributed by atoms with Gasteiger partial charge in [0.15, 0.2) is 11.6 Å². The number of phenols is 1. The highest BCUT2D eigenvalue weighted by atomic mass is 19.4. The van der Waals surface area contributed by atoms with Gasteiger partial charge in [0.05, 0.1) is 5.56 Å². The molecule has 0 saturated carbocycles.